The van der Waals surface area contributed by atoms with E-state index in [1.54, 1.807) is 0 Å². The number of hydrogen-bond acceptors (Lipinski definition) is 2. The molecule has 1 aliphatic rings. The first kappa shape index (κ1) is 14.2. The fourth-order valence-electron chi connectivity index (χ4n) is 2.30. The minimum Gasteiger partial charge on any atom is -0.242 e. The van der Waals surface area contributed by atoms with Gasteiger partial charge in [-0.25, -0.2) is 8.93 Å². The molecule has 0 spiro atoms. The highest BCUT2D eigenvalue weighted by Gasteiger charge is 2.30. The van der Waals surface area contributed by atoms with Gasteiger partial charge in [0.15, 0.2) is 0 Å². The summed E-state index contributed by atoms with van der Waals surface area (Å²) in [5, 5.41) is 9.11. The standard InChI is InChI=1S/C15H20N2OS/c1-4-15(2,3)19(18)17-14-9-8-12-11(10-16)6-5-7-13(12)14/h5-7,14,17H,4,8-9H2,1-3H3. The average Bonchev–Trinajstić information content (AvgIpc) is 2.82. The zero-order chi connectivity index (χ0) is 14.0. The molecule has 0 amide bonds. The van der Waals surface area contributed by atoms with Crippen molar-refractivity contribution in [1.82, 2.24) is 4.72 Å². The molecule has 0 aliphatic heterocycles. The molecule has 0 saturated carbocycles. The molecule has 2 rings (SSSR count). The van der Waals surface area contributed by atoms with E-state index in [1.807, 2.05) is 32.0 Å². The van der Waals surface area contributed by atoms with Crippen LogP contribution < -0.4 is 4.72 Å². The summed E-state index contributed by atoms with van der Waals surface area (Å²) in [6, 6.07) is 8.15. The van der Waals surface area contributed by atoms with E-state index in [0.29, 0.717) is 0 Å². The number of fused-ring (bicyclic) bond motifs is 1. The van der Waals surface area contributed by atoms with E-state index in [0.717, 1.165) is 36.0 Å². The van der Waals surface area contributed by atoms with Gasteiger partial charge in [0.1, 0.15) is 0 Å². The molecule has 1 N–H and O–H groups in total. The molecule has 0 fully saturated rings. The molecule has 1 aromatic carbocycles. The van der Waals surface area contributed by atoms with Gasteiger partial charge < -0.3 is 0 Å². The first-order valence-electron chi connectivity index (χ1n) is 6.69. The van der Waals surface area contributed by atoms with Crippen molar-refractivity contribution in [3.8, 4) is 6.07 Å². The lowest BCUT2D eigenvalue weighted by molar-refractivity contribution is 0.573. The van der Waals surface area contributed by atoms with Gasteiger partial charge in [-0.05, 0) is 50.3 Å². The predicted molar refractivity (Wildman–Crippen MR) is 77.9 cm³/mol. The van der Waals surface area contributed by atoms with Crippen molar-refractivity contribution < 1.29 is 4.21 Å². The summed E-state index contributed by atoms with van der Waals surface area (Å²) in [6.07, 6.45) is 2.67. The molecular weight excluding hydrogens is 256 g/mol. The summed E-state index contributed by atoms with van der Waals surface area (Å²) < 4.78 is 15.4. The molecule has 19 heavy (non-hydrogen) atoms. The molecule has 1 aromatic rings. The minimum atomic E-state index is -1.07. The molecule has 2 atom stereocenters. The van der Waals surface area contributed by atoms with Gasteiger partial charge in [0.25, 0.3) is 0 Å². The molecule has 0 radical (unpaired) electrons. The van der Waals surface area contributed by atoms with E-state index < -0.39 is 11.0 Å². The van der Waals surface area contributed by atoms with Crippen molar-refractivity contribution >= 4 is 11.0 Å². The molecule has 102 valence electrons. The second-order valence-corrected chi connectivity index (χ2v) is 7.45. The van der Waals surface area contributed by atoms with Crippen LogP contribution in [-0.2, 0) is 17.4 Å². The molecule has 0 bridgehead atoms. The molecule has 4 heteroatoms. The Labute approximate surface area is 117 Å². The Bertz CT molecular complexity index is 546. The molecule has 0 heterocycles. The van der Waals surface area contributed by atoms with E-state index in [1.165, 1.54) is 0 Å². The Morgan fingerprint density at radius 1 is 1.53 bits per heavy atom. The van der Waals surface area contributed by atoms with Crippen molar-refractivity contribution in [2.24, 2.45) is 0 Å². The van der Waals surface area contributed by atoms with Crippen LogP contribution in [0.5, 0.6) is 0 Å². The van der Waals surface area contributed by atoms with Crippen molar-refractivity contribution in [2.45, 2.75) is 50.8 Å². The topological polar surface area (TPSA) is 52.9 Å². The quantitative estimate of drug-likeness (QED) is 0.919. The summed E-state index contributed by atoms with van der Waals surface area (Å²) >= 11 is 0. The predicted octanol–water partition coefficient (Wildman–Crippen LogP) is 2.99. The number of nitriles is 1. The highest BCUT2D eigenvalue weighted by atomic mass is 32.2. The summed E-state index contributed by atoms with van der Waals surface area (Å²) in [5.74, 6) is 0. The zero-order valence-corrected chi connectivity index (χ0v) is 12.5. The van der Waals surface area contributed by atoms with Crippen LogP contribution in [0.1, 0.15) is 56.3 Å². The lowest BCUT2D eigenvalue weighted by atomic mass is 10.0. The number of nitrogens with one attached hydrogen (secondary N) is 1. The van der Waals surface area contributed by atoms with E-state index in [4.69, 9.17) is 5.26 Å². The number of hydrogen-bond donors (Lipinski definition) is 1. The molecule has 0 aromatic heterocycles. The fraction of sp³-hybridized carbons (Fsp3) is 0.533. The number of benzene rings is 1. The third-order valence-corrected chi connectivity index (χ3v) is 5.78. The third-order valence-electron chi connectivity index (χ3n) is 3.99. The highest BCUT2D eigenvalue weighted by molar-refractivity contribution is 7.84. The Hall–Kier alpha value is -1.18. The average molecular weight is 276 g/mol. The van der Waals surface area contributed by atoms with E-state index >= 15 is 0 Å². The largest absolute Gasteiger partial charge is 0.242 e. The second-order valence-electron chi connectivity index (χ2n) is 5.58. The van der Waals surface area contributed by atoms with E-state index in [-0.39, 0.29) is 10.8 Å². The van der Waals surface area contributed by atoms with Crippen molar-refractivity contribution in [3.63, 3.8) is 0 Å². The van der Waals surface area contributed by atoms with Crippen LogP contribution >= 0.6 is 0 Å². The lowest BCUT2D eigenvalue weighted by Crippen LogP contribution is -2.37. The molecule has 1 aliphatic carbocycles. The first-order chi connectivity index (χ1) is 8.99. The molecule has 2 unspecified atom stereocenters. The van der Waals surface area contributed by atoms with Crippen LogP contribution in [0.25, 0.3) is 0 Å². The Morgan fingerprint density at radius 3 is 2.89 bits per heavy atom. The zero-order valence-electron chi connectivity index (χ0n) is 11.7. The van der Waals surface area contributed by atoms with Crippen LogP contribution in [0, 0.1) is 11.3 Å². The first-order valence-corrected chi connectivity index (χ1v) is 7.84. The Balaban J connectivity index is 2.21. The van der Waals surface area contributed by atoms with Gasteiger partial charge in [0.05, 0.1) is 27.4 Å². The number of nitrogens with zero attached hydrogens (tertiary/aromatic N) is 1. The maximum atomic E-state index is 12.4. The summed E-state index contributed by atoms with van der Waals surface area (Å²) in [6.45, 7) is 6.07. The van der Waals surface area contributed by atoms with Gasteiger partial charge in [0, 0.05) is 6.04 Å². The van der Waals surface area contributed by atoms with Crippen LogP contribution in [0.3, 0.4) is 0 Å². The van der Waals surface area contributed by atoms with Gasteiger partial charge in [-0.3, -0.25) is 0 Å². The Morgan fingerprint density at radius 2 is 2.26 bits per heavy atom. The van der Waals surface area contributed by atoms with Crippen molar-refractivity contribution in [2.75, 3.05) is 0 Å². The smallest absolute Gasteiger partial charge is 0.0994 e. The van der Waals surface area contributed by atoms with Crippen LogP contribution in [-0.4, -0.2) is 8.96 Å². The minimum absolute atomic E-state index is 0.106. The third kappa shape index (κ3) is 2.72. The highest BCUT2D eigenvalue weighted by Crippen LogP contribution is 2.34. The van der Waals surface area contributed by atoms with Crippen LogP contribution in [0.2, 0.25) is 0 Å². The lowest BCUT2D eigenvalue weighted by Gasteiger charge is -2.25. The molecular formula is C15H20N2OS. The van der Waals surface area contributed by atoms with Crippen LogP contribution in [0.4, 0.5) is 0 Å². The summed E-state index contributed by atoms with van der Waals surface area (Å²) in [5.41, 5.74) is 3.01. The van der Waals surface area contributed by atoms with Gasteiger partial charge in [-0.2, -0.15) is 5.26 Å². The fourth-order valence-corrected chi connectivity index (χ4v) is 3.39. The second kappa shape index (κ2) is 5.44. The Kier molecular flexibility index (Phi) is 4.07. The number of rotatable bonds is 4. The van der Waals surface area contributed by atoms with Crippen molar-refractivity contribution in [1.29, 1.82) is 5.26 Å². The molecule has 0 saturated heterocycles. The summed E-state index contributed by atoms with van der Waals surface area (Å²) in [7, 11) is -1.07. The maximum absolute atomic E-state index is 12.4. The van der Waals surface area contributed by atoms with E-state index in [9.17, 15) is 4.21 Å². The van der Waals surface area contributed by atoms with Gasteiger partial charge >= 0.3 is 0 Å². The van der Waals surface area contributed by atoms with Gasteiger partial charge in [-0.15, -0.1) is 0 Å². The van der Waals surface area contributed by atoms with Crippen LogP contribution in [0.15, 0.2) is 18.2 Å². The van der Waals surface area contributed by atoms with Gasteiger partial charge in [-0.1, -0.05) is 19.1 Å². The summed E-state index contributed by atoms with van der Waals surface area (Å²) in [4.78, 5) is 0. The molecule has 3 nitrogen and oxygen atoms in total. The van der Waals surface area contributed by atoms with Crippen molar-refractivity contribution in [3.05, 3.63) is 34.9 Å². The monoisotopic (exact) mass is 276 g/mol. The van der Waals surface area contributed by atoms with E-state index in [2.05, 4.69) is 17.7 Å². The van der Waals surface area contributed by atoms with Gasteiger partial charge in [0.2, 0.25) is 0 Å². The SMILES string of the molecule is CCC(C)(C)S(=O)NC1CCc2c(C#N)cccc21. The normalized spacial score (nSPS) is 19.8. The maximum Gasteiger partial charge on any atom is 0.0994 e.